The fourth-order valence-corrected chi connectivity index (χ4v) is 2.50. The second-order valence-corrected chi connectivity index (χ2v) is 4.73. The summed E-state index contributed by atoms with van der Waals surface area (Å²) in [6, 6.07) is 7.05. The number of ether oxygens (including phenoxy) is 1. The first-order valence-electron chi connectivity index (χ1n) is 6.43. The maximum absolute atomic E-state index is 11.8. The van der Waals surface area contributed by atoms with Crippen LogP contribution in [0.25, 0.3) is 0 Å². The number of nitrogens with zero attached hydrogens (tertiary/aromatic N) is 3. The SMILES string of the molecule is COc1ccc([C@H]2C(C(N)=O)=C(C)Nc3ncnn32)cc1. The number of fused-ring (bicyclic) bond motifs is 1. The summed E-state index contributed by atoms with van der Waals surface area (Å²) in [5.74, 6) is 0.841. The molecule has 3 rings (SSSR count). The number of carbonyl (C=O) groups is 1. The Hall–Kier alpha value is -2.83. The van der Waals surface area contributed by atoms with E-state index in [-0.39, 0.29) is 0 Å². The normalized spacial score (nSPS) is 17.1. The molecule has 2 heterocycles. The lowest BCUT2D eigenvalue weighted by molar-refractivity contribution is -0.115. The number of allylic oxidation sites excluding steroid dienone is 1. The second kappa shape index (κ2) is 4.93. The number of carbonyl (C=O) groups excluding carboxylic acids is 1. The van der Waals surface area contributed by atoms with Crippen molar-refractivity contribution in [2.75, 3.05) is 12.4 Å². The van der Waals surface area contributed by atoms with Crippen LogP contribution in [0.3, 0.4) is 0 Å². The molecule has 7 nitrogen and oxygen atoms in total. The van der Waals surface area contributed by atoms with Gasteiger partial charge < -0.3 is 15.8 Å². The van der Waals surface area contributed by atoms with Crippen molar-refractivity contribution in [2.45, 2.75) is 13.0 Å². The Morgan fingerprint density at radius 2 is 2.10 bits per heavy atom. The number of hydrogen-bond acceptors (Lipinski definition) is 5. The van der Waals surface area contributed by atoms with E-state index in [4.69, 9.17) is 10.5 Å². The molecule has 1 amide bonds. The van der Waals surface area contributed by atoms with Crippen molar-refractivity contribution in [3.63, 3.8) is 0 Å². The van der Waals surface area contributed by atoms with Gasteiger partial charge in [0.1, 0.15) is 18.1 Å². The van der Waals surface area contributed by atoms with Crippen molar-refractivity contribution in [2.24, 2.45) is 5.73 Å². The number of aromatic nitrogens is 3. The number of primary amides is 1. The molecule has 2 aromatic rings. The highest BCUT2D eigenvalue weighted by Crippen LogP contribution is 2.34. The van der Waals surface area contributed by atoms with Crippen molar-refractivity contribution in [1.82, 2.24) is 14.8 Å². The first-order chi connectivity index (χ1) is 10.1. The highest BCUT2D eigenvalue weighted by Gasteiger charge is 2.32. The van der Waals surface area contributed by atoms with Crippen LogP contribution < -0.4 is 15.8 Å². The zero-order valence-electron chi connectivity index (χ0n) is 11.7. The Kier molecular flexibility index (Phi) is 3.09. The summed E-state index contributed by atoms with van der Waals surface area (Å²) < 4.78 is 6.80. The molecule has 3 N–H and O–H groups in total. The largest absolute Gasteiger partial charge is 0.497 e. The van der Waals surface area contributed by atoms with Gasteiger partial charge >= 0.3 is 0 Å². The molecule has 1 aliphatic heterocycles. The van der Waals surface area contributed by atoms with E-state index in [1.807, 2.05) is 24.3 Å². The van der Waals surface area contributed by atoms with Crippen LogP contribution >= 0.6 is 0 Å². The van der Waals surface area contributed by atoms with Crippen LogP contribution in [0.1, 0.15) is 18.5 Å². The molecule has 0 fully saturated rings. The first kappa shape index (κ1) is 13.2. The van der Waals surface area contributed by atoms with Crippen LogP contribution in [0.4, 0.5) is 5.95 Å². The molecule has 1 aliphatic rings. The smallest absolute Gasteiger partial charge is 0.248 e. The van der Waals surface area contributed by atoms with Crippen molar-refractivity contribution in [3.8, 4) is 5.75 Å². The molecule has 0 saturated carbocycles. The molecule has 108 valence electrons. The van der Waals surface area contributed by atoms with Gasteiger partial charge in [0.05, 0.1) is 12.7 Å². The second-order valence-electron chi connectivity index (χ2n) is 4.73. The zero-order chi connectivity index (χ0) is 15.0. The van der Waals surface area contributed by atoms with Crippen LogP contribution in [0.5, 0.6) is 5.75 Å². The van der Waals surface area contributed by atoms with Gasteiger partial charge in [-0.2, -0.15) is 10.1 Å². The molecular formula is C14H15N5O2. The Balaban J connectivity index is 2.14. The Bertz CT molecular complexity index is 717. The molecule has 0 saturated heterocycles. The number of amides is 1. The van der Waals surface area contributed by atoms with E-state index in [1.165, 1.54) is 6.33 Å². The highest BCUT2D eigenvalue weighted by atomic mass is 16.5. The lowest BCUT2D eigenvalue weighted by atomic mass is 9.95. The van der Waals surface area contributed by atoms with Crippen molar-refractivity contribution >= 4 is 11.9 Å². The minimum atomic E-state index is -0.484. The van der Waals surface area contributed by atoms with Crippen LogP contribution in [0.2, 0.25) is 0 Å². The number of hydrogen-bond donors (Lipinski definition) is 2. The molecule has 0 radical (unpaired) electrons. The van der Waals surface area contributed by atoms with E-state index in [2.05, 4.69) is 15.4 Å². The van der Waals surface area contributed by atoms with E-state index in [0.717, 1.165) is 11.3 Å². The Morgan fingerprint density at radius 1 is 1.38 bits per heavy atom. The number of anilines is 1. The molecule has 0 spiro atoms. The average molecular weight is 285 g/mol. The van der Waals surface area contributed by atoms with Gasteiger partial charge in [-0.1, -0.05) is 12.1 Å². The summed E-state index contributed by atoms with van der Waals surface area (Å²) in [4.78, 5) is 16.0. The third-order valence-electron chi connectivity index (χ3n) is 3.49. The van der Waals surface area contributed by atoms with Gasteiger partial charge in [0.2, 0.25) is 11.9 Å². The van der Waals surface area contributed by atoms with Gasteiger partial charge in [-0.05, 0) is 24.6 Å². The monoisotopic (exact) mass is 285 g/mol. The highest BCUT2D eigenvalue weighted by molar-refractivity contribution is 5.95. The van der Waals surface area contributed by atoms with E-state index < -0.39 is 11.9 Å². The van der Waals surface area contributed by atoms with Gasteiger partial charge in [0.25, 0.3) is 0 Å². The minimum absolute atomic E-state index is 0.396. The van der Waals surface area contributed by atoms with E-state index >= 15 is 0 Å². The summed E-state index contributed by atoms with van der Waals surface area (Å²) in [7, 11) is 1.61. The van der Waals surface area contributed by atoms with Crippen LogP contribution in [-0.4, -0.2) is 27.8 Å². The van der Waals surface area contributed by atoms with Crippen LogP contribution in [0.15, 0.2) is 41.9 Å². The molecular weight excluding hydrogens is 270 g/mol. The molecule has 21 heavy (non-hydrogen) atoms. The van der Waals surface area contributed by atoms with Crippen LogP contribution in [-0.2, 0) is 4.79 Å². The van der Waals surface area contributed by atoms with Crippen molar-refractivity contribution in [1.29, 1.82) is 0 Å². The molecule has 0 unspecified atom stereocenters. The Labute approximate surface area is 121 Å². The predicted octanol–water partition coefficient (Wildman–Crippen LogP) is 1.06. The lowest BCUT2D eigenvalue weighted by Crippen LogP contribution is -2.31. The Morgan fingerprint density at radius 3 is 2.71 bits per heavy atom. The van der Waals surface area contributed by atoms with E-state index in [0.29, 0.717) is 17.2 Å². The number of methoxy groups -OCH3 is 1. The first-order valence-corrected chi connectivity index (χ1v) is 6.43. The molecule has 7 heteroatoms. The molecule has 0 bridgehead atoms. The fourth-order valence-electron chi connectivity index (χ4n) is 2.50. The van der Waals surface area contributed by atoms with Gasteiger partial charge in [0.15, 0.2) is 0 Å². The van der Waals surface area contributed by atoms with E-state index in [1.54, 1.807) is 18.7 Å². The zero-order valence-corrected chi connectivity index (χ0v) is 11.7. The minimum Gasteiger partial charge on any atom is -0.497 e. The summed E-state index contributed by atoms with van der Waals surface area (Å²) in [5, 5.41) is 7.23. The van der Waals surface area contributed by atoms with Gasteiger partial charge in [-0.25, -0.2) is 4.68 Å². The van der Waals surface area contributed by atoms with Crippen molar-refractivity contribution in [3.05, 3.63) is 47.4 Å². The molecule has 1 aromatic carbocycles. The van der Waals surface area contributed by atoms with Crippen molar-refractivity contribution < 1.29 is 9.53 Å². The molecule has 1 atom stereocenters. The number of nitrogens with one attached hydrogen (secondary N) is 1. The lowest BCUT2D eigenvalue weighted by Gasteiger charge is -2.27. The quantitative estimate of drug-likeness (QED) is 0.879. The summed E-state index contributed by atoms with van der Waals surface area (Å²) >= 11 is 0. The van der Waals surface area contributed by atoms with Crippen LogP contribution in [0, 0.1) is 0 Å². The molecule has 0 aliphatic carbocycles. The average Bonchev–Trinajstić information content (AvgIpc) is 2.93. The number of rotatable bonds is 3. The predicted molar refractivity (Wildman–Crippen MR) is 76.7 cm³/mol. The number of benzene rings is 1. The maximum atomic E-state index is 11.8. The molecule has 1 aromatic heterocycles. The van der Waals surface area contributed by atoms with Gasteiger partial charge in [0, 0.05) is 5.70 Å². The fraction of sp³-hybridized carbons (Fsp3) is 0.214. The summed E-state index contributed by atoms with van der Waals surface area (Å²) in [6.07, 6.45) is 1.44. The summed E-state index contributed by atoms with van der Waals surface area (Å²) in [5.41, 5.74) is 7.59. The number of nitrogens with two attached hydrogens (primary N) is 1. The standard InChI is InChI=1S/C14H15N5O2/c1-8-11(13(15)20)12(19-14(18-8)16-7-17-19)9-3-5-10(21-2)6-4-9/h3-7,12H,1-2H3,(H2,15,20)(H,16,17,18)/t12-/m0/s1. The summed E-state index contributed by atoms with van der Waals surface area (Å²) in [6.45, 7) is 1.80. The van der Waals surface area contributed by atoms with Gasteiger partial charge in [-0.3, -0.25) is 4.79 Å². The van der Waals surface area contributed by atoms with Gasteiger partial charge in [-0.15, -0.1) is 0 Å². The third kappa shape index (κ3) is 2.12. The maximum Gasteiger partial charge on any atom is 0.248 e. The van der Waals surface area contributed by atoms with E-state index in [9.17, 15) is 4.79 Å². The topological polar surface area (TPSA) is 95.1 Å². The third-order valence-corrected chi connectivity index (χ3v) is 3.49.